The van der Waals surface area contributed by atoms with Gasteiger partial charge in [0.2, 0.25) is 10.0 Å². The van der Waals surface area contributed by atoms with Crippen LogP contribution >= 0.6 is 22.9 Å². The van der Waals surface area contributed by atoms with Gasteiger partial charge in [-0.3, -0.25) is 9.36 Å². The largest absolute Gasteiger partial charge is 0.308 e. The van der Waals surface area contributed by atoms with Gasteiger partial charge in [-0.15, -0.1) is 0 Å². The molecule has 0 aliphatic heterocycles. The number of thiazole rings is 1. The lowest BCUT2D eigenvalue weighted by atomic mass is 10.1. The van der Waals surface area contributed by atoms with Gasteiger partial charge in [0.15, 0.2) is 0 Å². The molecule has 4 rings (SSSR count). The number of halogens is 1. The van der Waals surface area contributed by atoms with Gasteiger partial charge in [0.1, 0.15) is 0 Å². The normalized spacial score (nSPS) is 12.8. The molecule has 0 fully saturated rings. The SMILES string of the molecule is CCc1ccc([C@@H](C)NS(=O)(=O)c2ccc3c(c2)sc(=O)n3Cc2ccc(Cl)cc2)cc1. The first-order valence-corrected chi connectivity index (χ1v) is 12.9. The number of fused-ring (bicyclic) bond motifs is 1. The minimum absolute atomic E-state index is 0.137. The van der Waals surface area contributed by atoms with Gasteiger partial charge in [-0.05, 0) is 60.4 Å². The summed E-state index contributed by atoms with van der Waals surface area (Å²) in [4.78, 5) is 12.6. The van der Waals surface area contributed by atoms with Crippen LogP contribution in [0.25, 0.3) is 10.2 Å². The van der Waals surface area contributed by atoms with Crippen LogP contribution in [0, 0.1) is 0 Å². The molecule has 0 unspecified atom stereocenters. The van der Waals surface area contributed by atoms with Crippen molar-refractivity contribution in [3.8, 4) is 0 Å². The smallest absolute Gasteiger partial charge is 0.294 e. The molecule has 8 heteroatoms. The quantitative estimate of drug-likeness (QED) is 0.382. The van der Waals surface area contributed by atoms with Crippen molar-refractivity contribution in [2.45, 2.75) is 37.8 Å². The highest BCUT2D eigenvalue weighted by Gasteiger charge is 2.20. The average molecular weight is 487 g/mol. The molecule has 4 aromatic rings. The molecule has 1 heterocycles. The Morgan fingerprint density at radius 1 is 1.00 bits per heavy atom. The van der Waals surface area contributed by atoms with E-state index in [1.807, 2.05) is 43.3 Å². The Bertz CT molecular complexity index is 1410. The molecule has 0 saturated heterocycles. The Morgan fingerprint density at radius 2 is 1.66 bits per heavy atom. The molecule has 0 radical (unpaired) electrons. The third kappa shape index (κ3) is 4.81. The first-order valence-electron chi connectivity index (χ1n) is 10.3. The van der Waals surface area contributed by atoms with Gasteiger partial charge in [0, 0.05) is 11.1 Å². The zero-order valence-electron chi connectivity index (χ0n) is 17.7. The highest BCUT2D eigenvalue weighted by Crippen LogP contribution is 2.24. The van der Waals surface area contributed by atoms with E-state index < -0.39 is 10.0 Å². The average Bonchev–Trinajstić information content (AvgIpc) is 3.09. The van der Waals surface area contributed by atoms with Crippen molar-refractivity contribution in [1.82, 2.24) is 9.29 Å². The predicted molar refractivity (Wildman–Crippen MR) is 131 cm³/mol. The summed E-state index contributed by atoms with van der Waals surface area (Å²) in [7, 11) is -3.75. The van der Waals surface area contributed by atoms with Crippen molar-refractivity contribution < 1.29 is 8.42 Å². The van der Waals surface area contributed by atoms with Crippen LogP contribution in [-0.2, 0) is 23.0 Å². The standard InChI is InChI=1S/C24H23ClN2O3S2/c1-3-17-4-8-19(9-5-17)16(2)26-32(29,30)21-12-13-22-23(14-21)31-24(28)27(22)15-18-6-10-20(25)11-7-18/h4-14,16,26H,3,15H2,1-2H3/t16-/m1/s1. The molecule has 0 bridgehead atoms. The molecule has 1 N–H and O–H groups in total. The summed E-state index contributed by atoms with van der Waals surface area (Å²) in [5.41, 5.74) is 3.74. The lowest BCUT2D eigenvalue weighted by Gasteiger charge is -2.15. The van der Waals surface area contributed by atoms with E-state index in [4.69, 9.17) is 11.6 Å². The fourth-order valence-corrected chi connectivity index (χ4v) is 5.94. The van der Waals surface area contributed by atoms with E-state index >= 15 is 0 Å². The van der Waals surface area contributed by atoms with Crippen LogP contribution in [0.15, 0.2) is 76.4 Å². The number of nitrogens with one attached hydrogen (secondary N) is 1. The molecule has 3 aromatic carbocycles. The minimum Gasteiger partial charge on any atom is -0.294 e. The maximum atomic E-state index is 13.0. The molecule has 166 valence electrons. The molecule has 0 aliphatic carbocycles. The Kier molecular flexibility index (Phi) is 6.53. The molecule has 0 saturated carbocycles. The van der Waals surface area contributed by atoms with Crippen molar-refractivity contribution in [3.63, 3.8) is 0 Å². The zero-order chi connectivity index (χ0) is 22.9. The lowest BCUT2D eigenvalue weighted by Crippen LogP contribution is -2.26. The van der Waals surface area contributed by atoms with E-state index in [2.05, 4.69) is 11.6 Å². The summed E-state index contributed by atoms with van der Waals surface area (Å²) in [5, 5.41) is 0.633. The number of benzene rings is 3. The monoisotopic (exact) mass is 486 g/mol. The van der Waals surface area contributed by atoms with E-state index in [1.165, 1.54) is 5.56 Å². The summed E-state index contributed by atoms with van der Waals surface area (Å²) >= 11 is 6.98. The van der Waals surface area contributed by atoms with Gasteiger partial charge in [0.25, 0.3) is 0 Å². The maximum absolute atomic E-state index is 13.0. The first-order chi connectivity index (χ1) is 15.3. The molecule has 0 aliphatic rings. The highest BCUT2D eigenvalue weighted by molar-refractivity contribution is 7.89. The number of aromatic nitrogens is 1. The fraction of sp³-hybridized carbons (Fsp3) is 0.208. The van der Waals surface area contributed by atoms with Gasteiger partial charge in [0.05, 0.1) is 21.7 Å². The van der Waals surface area contributed by atoms with Gasteiger partial charge < -0.3 is 0 Å². The number of rotatable bonds is 7. The van der Waals surface area contributed by atoms with E-state index in [1.54, 1.807) is 34.9 Å². The van der Waals surface area contributed by atoms with E-state index in [0.717, 1.165) is 28.9 Å². The van der Waals surface area contributed by atoms with E-state index in [9.17, 15) is 13.2 Å². The van der Waals surface area contributed by atoms with Crippen LogP contribution in [0.2, 0.25) is 5.02 Å². The van der Waals surface area contributed by atoms with Crippen LogP contribution in [0.5, 0.6) is 0 Å². The summed E-state index contributed by atoms with van der Waals surface area (Å²) in [6, 6.07) is 19.6. The van der Waals surface area contributed by atoms with Gasteiger partial charge in [-0.1, -0.05) is 66.3 Å². The second kappa shape index (κ2) is 9.19. The molecule has 0 spiro atoms. The van der Waals surface area contributed by atoms with Gasteiger partial charge >= 0.3 is 4.87 Å². The number of nitrogens with zero attached hydrogens (tertiary/aromatic N) is 1. The van der Waals surface area contributed by atoms with Crippen LogP contribution < -0.4 is 9.60 Å². The Morgan fingerprint density at radius 3 is 2.31 bits per heavy atom. The highest BCUT2D eigenvalue weighted by atomic mass is 35.5. The molecule has 1 aromatic heterocycles. The molecule has 1 atom stereocenters. The number of hydrogen-bond acceptors (Lipinski definition) is 4. The first kappa shape index (κ1) is 22.7. The summed E-state index contributed by atoms with van der Waals surface area (Å²) in [6.07, 6.45) is 0.931. The van der Waals surface area contributed by atoms with Crippen LogP contribution in [0.1, 0.15) is 36.6 Å². The Balaban J connectivity index is 1.60. The van der Waals surface area contributed by atoms with Crippen molar-refractivity contribution >= 4 is 43.2 Å². The second-order valence-corrected chi connectivity index (χ2v) is 10.8. The molecule has 0 amide bonds. The van der Waals surface area contributed by atoms with Gasteiger partial charge in [-0.2, -0.15) is 0 Å². The Labute approximate surface area is 196 Å². The van der Waals surface area contributed by atoms with Crippen LogP contribution in [-0.4, -0.2) is 13.0 Å². The van der Waals surface area contributed by atoms with Crippen LogP contribution in [0.3, 0.4) is 0 Å². The van der Waals surface area contributed by atoms with E-state index in [0.29, 0.717) is 21.8 Å². The second-order valence-electron chi connectivity index (χ2n) is 7.65. The molecular formula is C24H23ClN2O3S2. The number of aryl methyl sites for hydroxylation is 1. The predicted octanol–water partition coefficient (Wildman–Crippen LogP) is 5.37. The molecular weight excluding hydrogens is 464 g/mol. The minimum atomic E-state index is -3.75. The lowest BCUT2D eigenvalue weighted by molar-refractivity contribution is 0.567. The number of hydrogen-bond donors (Lipinski definition) is 1. The summed E-state index contributed by atoms with van der Waals surface area (Å²) in [5.74, 6) is 0. The number of sulfonamides is 1. The van der Waals surface area contributed by atoms with Crippen molar-refractivity contribution in [1.29, 1.82) is 0 Å². The van der Waals surface area contributed by atoms with Crippen LogP contribution in [0.4, 0.5) is 0 Å². The zero-order valence-corrected chi connectivity index (χ0v) is 20.1. The van der Waals surface area contributed by atoms with Crippen molar-refractivity contribution in [3.05, 3.63) is 98.1 Å². The molecule has 32 heavy (non-hydrogen) atoms. The van der Waals surface area contributed by atoms with Crippen molar-refractivity contribution in [2.24, 2.45) is 0 Å². The Hall–Kier alpha value is -2.45. The topological polar surface area (TPSA) is 68.2 Å². The van der Waals surface area contributed by atoms with Crippen molar-refractivity contribution in [2.75, 3.05) is 0 Å². The van der Waals surface area contributed by atoms with Gasteiger partial charge in [-0.25, -0.2) is 13.1 Å². The fourth-order valence-electron chi connectivity index (χ4n) is 3.55. The third-order valence-corrected chi connectivity index (χ3v) is 8.16. The maximum Gasteiger partial charge on any atom is 0.308 e. The van der Waals surface area contributed by atoms with E-state index in [-0.39, 0.29) is 15.8 Å². The summed E-state index contributed by atoms with van der Waals surface area (Å²) < 4.78 is 31.0. The third-order valence-electron chi connectivity index (χ3n) is 5.42. The summed E-state index contributed by atoms with van der Waals surface area (Å²) in [6.45, 7) is 4.29. The molecule has 5 nitrogen and oxygen atoms in total.